The third-order valence-electron chi connectivity index (χ3n) is 4.98. The second-order valence-electron chi connectivity index (χ2n) is 6.57. The predicted octanol–water partition coefficient (Wildman–Crippen LogP) is 5.16. The first-order valence-electron chi connectivity index (χ1n) is 8.57. The van der Waals surface area contributed by atoms with Gasteiger partial charge in [-0.1, -0.05) is 49.4 Å². The second kappa shape index (κ2) is 6.76. The lowest BCUT2D eigenvalue weighted by molar-refractivity contribution is -0.236. The van der Waals surface area contributed by atoms with Crippen LogP contribution in [0.4, 0.5) is 13.2 Å². The van der Waals surface area contributed by atoms with Crippen LogP contribution in [-0.4, -0.2) is 22.9 Å². The molecule has 3 rings (SSSR count). The Hall–Kier alpha value is -2.76. The van der Waals surface area contributed by atoms with Crippen molar-refractivity contribution < 1.29 is 27.8 Å². The summed E-state index contributed by atoms with van der Waals surface area (Å²) in [5.74, 6) is -1.54. The lowest BCUT2D eigenvalue weighted by atomic mass is 9.84. The molecule has 0 radical (unpaired) electrons. The van der Waals surface area contributed by atoms with Gasteiger partial charge in [-0.3, -0.25) is 0 Å². The van der Waals surface area contributed by atoms with E-state index in [-0.39, 0.29) is 5.75 Å². The lowest BCUT2D eigenvalue weighted by Gasteiger charge is -2.39. The van der Waals surface area contributed by atoms with Crippen molar-refractivity contribution in [3.8, 4) is 5.75 Å². The first kappa shape index (κ1) is 19.0. The van der Waals surface area contributed by atoms with Gasteiger partial charge < -0.3 is 9.84 Å². The minimum Gasteiger partial charge on any atom is -0.478 e. The van der Waals surface area contributed by atoms with E-state index < -0.39 is 29.7 Å². The Morgan fingerprint density at radius 1 is 1.15 bits per heavy atom. The molecule has 27 heavy (non-hydrogen) atoms. The zero-order valence-electron chi connectivity index (χ0n) is 14.9. The van der Waals surface area contributed by atoms with Crippen molar-refractivity contribution in [2.24, 2.45) is 0 Å². The molecular formula is C21H19F3O3. The second-order valence-corrected chi connectivity index (χ2v) is 6.57. The number of aliphatic carboxylic acids is 1. The first-order valence-corrected chi connectivity index (χ1v) is 8.57. The molecule has 0 saturated heterocycles. The van der Waals surface area contributed by atoms with Crippen LogP contribution in [0.2, 0.25) is 0 Å². The summed E-state index contributed by atoms with van der Waals surface area (Å²) in [6.45, 7) is 2.98. The summed E-state index contributed by atoms with van der Waals surface area (Å²) in [5.41, 5.74) is -0.869. The summed E-state index contributed by atoms with van der Waals surface area (Å²) >= 11 is 0. The van der Waals surface area contributed by atoms with Gasteiger partial charge in [0.2, 0.25) is 5.60 Å². The summed E-state index contributed by atoms with van der Waals surface area (Å²) in [7, 11) is 0. The fourth-order valence-electron chi connectivity index (χ4n) is 3.42. The molecule has 0 aromatic heterocycles. The van der Waals surface area contributed by atoms with Gasteiger partial charge in [0, 0.05) is 5.56 Å². The zero-order chi connectivity index (χ0) is 19.8. The van der Waals surface area contributed by atoms with E-state index in [0.29, 0.717) is 17.5 Å². The summed E-state index contributed by atoms with van der Waals surface area (Å²) < 4.78 is 47.0. The van der Waals surface area contributed by atoms with Crippen LogP contribution in [-0.2, 0) is 11.2 Å². The third-order valence-corrected chi connectivity index (χ3v) is 4.98. The SMILES string of the molecule is CCC1(C(F)(F)F)Oc2c(ccc(Cc3ccccc3)c2C)C=C1C(=O)O. The van der Waals surface area contributed by atoms with Crippen molar-refractivity contribution in [3.05, 3.63) is 70.3 Å². The van der Waals surface area contributed by atoms with Crippen LogP contribution < -0.4 is 4.74 Å². The van der Waals surface area contributed by atoms with Gasteiger partial charge in [0.1, 0.15) is 5.75 Å². The van der Waals surface area contributed by atoms with Crippen molar-refractivity contribution in [2.45, 2.75) is 38.5 Å². The van der Waals surface area contributed by atoms with Gasteiger partial charge in [-0.05, 0) is 42.5 Å². The first-order chi connectivity index (χ1) is 12.7. The van der Waals surface area contributed by atoms with Crippen LogP contribution in [0.15, 0.2) is 48.0 Å². The summed E-state index contributed by atoms with van der Waals surface area (Å²) in [4.78, 5) is 11.5. The van der Waals surface area contributed by atoms with E-state index in [2.05, 4.69) is 0 Å². The van der Waals surface area contributed by atoms with Gasteiger partial charge in [0.05, 0.1) is 5.57 Å². The number of carbonyl (C=O) groups is 1. The molecule has 1 unspecified atom stereocenters. The van der Waals surface area contributed by atoms with Crippen molar-refractivity contribution >= 4 is 12.0 Å². The third kappa shape index (κ3) is 3.20. The Bertz CT molecular complexity index is 901. The molecule has 0 fully saturated rings. The molecule has 1 aliphatic rings. The van der Waals surface area contributed by atoms with E-state index in [1.807, 2.05) is 30.3 Å². The van der Waals surface area contributed by atoms with Crippen LogP contribution in [0, 0.1) is 6.92 Å². The summed E-state index contributed by atoms with van der Waals surface area (Å²) in [6, 6.07) is 13.0. The Balaban J connectivity index is 2.13. The number of ether oxygens (including phenoxy) is 1. The Morgan fingerprint density at radius 3 is 2.37 bits per heavy atom. The molecule has 6 heteroatoms. The minimum atomic E-state index is -4.86. The number of benzene rings is 2. The summed E-state index contributed by atoms with van der Waals surface area (Å²) in [5, 5.41) is 9.36. The number of hydrogen-bond donors (Lipinski definition) is 1. The van der Waals surface area contributed by atoms with Gasteiger partial charge in [-0.25, -0.2) is 4.79 Å². The maximum Gasteiger partial charge on any atom is 0.432 e. The van der Waals surface area contributed by atoms with Crippen LogP contribution >= 0.6 is 0 Å². The topological polar surface area (TPSA) is 46.5 Å². The molecule has 142 valence electrons. The van der Waals surface area contributed by atoms with Crippen LogP contribution in [0.1, 0.15) is 35.6 Å². The van der Waals surface area contributed by atoms with E-state index in [1.165, 1.54) is 6.92 Å². The van der Waals surface area contributed by atoms with E-state index >= 15 is 0 Å². The molecule has 3 nitrogen and oxygen atoms in total. The molecule has 1 N–H and O–H groups in total. The van der Waals surface area contributed by atoms with Crippen molar-refractivity contribution in [3.63, 3.8) is 0 Å². The number of alkyl halides is 3. The number of halogens is 3. The molecule has 0 aliphatic carbocycles. The highest BCUT2D eigenvalue weighted by atomic mass is 19.4. The maximum absolute atomic E-state index is 13.9. The van der Waals surface area contributed by atoms with Crippen molar-refractivity contribution in [1.82, 2.24) is 0 Å². The fraction of sp³-hybridized carbons (Fsp3) is 0.286. The molecule has 0 amide bonds. The van der Waals surface area contributed by atoms with Crippen molar-refractivity contribution in [1.29, 1.82) is 0 Å². The fourth-order valence-corrected chi connectivity index (χ4v) is 3.42. The van der Waals surface area contributed by atoms with E-state index in [4.69, 9.17) is 4.74 Å². The lowest BCUT2D eigenvalue weighted by Crippen LogP contribution is -2.54. The number of fused-ring (bicyclic) bond motifs is 1. The highest BCUT2D eigenvalue weighted by Gasteiger charge is 2.62. The molecule has 0 spiro atoms. The van der Waals surface area contributed by atoms with Crippen LogP contribution in [0.25, 0.3) is 6.08 Å². The molecule has 0 saturated carbocycles. The number of rotatable bonds is 4. The predicted molar refractivity (Wildman–Crippen MR) is 95.7 cm³/mol. The van der Waals surface area contributed by atoms with Crippen LogP contribution in [0.5, 0.6) is 5.75 Å². The maximum atomic E-state index is 13.9. The normalized spacial score (nSPS) is 19.1. The molecule has 2 aromatic carbocycles. The smallest absolute Gasteiger partial charge is 0.432 e. The molecular weight excluding hydrogens is 357 g/mol. The van der Waals surface area contributed by atoms with Crippen LogP contribution in [0.3, 0.4) is 0 Å². The molecule has 2 aromatic rings. The Morgan fingerprint density at radius 2 is 1.81 bits per heavy atom. The van der Waals surface area contributed by atoms with Gasteiger partial charge in [0.15, 0.2) is 0 Å². The van der Waals surface area contributed by atoms with Gasteiger partial charge >= 0.3 is 12.1 Å². The minimum absolute atomic E-state index is 0.0904. The van der Waals surface area contributed by atoms with E-state index in [1.54, 1.807) is 19.1 Å². The molecule has 1 atom stereocenters. The monoisotopic (exact) mass is 376 g/mol. The van der Waals surface area contributed by atoms with E-state index in [0.717, 1.165) is 17.2 Å². The Labute approximate surface area is 155 Å². The van der Waals surface area contributed by atoms with Gasteiger partial charge in [-0.15, -0.1) is 0 Å². The van der Waals surface area contributed by atoms with E-state index in [9.17, 15) is 23.1 Å². The molecule has 1 aliphatic heterocycles. The largest absolute Gasteiger partial charge is 0.478 e. The molecule has 0 bridgehead atoms. The van der Waals surface area contributed by atoms with Crippen molar-refractivity contribution in [2.75, 3.05) is 0 Å². The average molecular weight is 376 g/mol. The highest BCUT2D eigenvalue weighted by Crippen LogP contribution is 2.48. The molecule has 1 heterocycles. The standard InChI is InChI=1S/C21H19F3O3/c1-3-20(21(22,23)24)17(19(25)26)12-16-10-9-15(13(2)18(16)27-20)11-14-7-5-4-6-8-14/h4-10,12H,3,11H2,1-2H3,(H,25,26). The quantitative estimate of drug-likeness (QED) is 0.802. The number of carboxylic acid groups (broad SMARTS) is 1. The van der Waals surface area contributed by atoms with Gasteiger partial charge in [0.25, 0.3) is 0 Å². The summed E-state index contributed by atoms with van der Waals surface area (Å²) in [6.07, 6.45) is -3.76. The Kier molecular flexibility index (Phi) is 4.76. The number of hydrogen-bond acceptors (Lipinski definition) is 2. The average Bonchev–Trinajstić information content (AvgIpc) is 2.63. The zero-order valence-corrected chi connectivity index (χ0v) is 14.9. The van der Waals surface area contributed by atoms with Gasteiger partial charge in [-0.2, -0.15) is 13.2 Å². The highest BCUT2D eigenvalue weighted by molar-refractivity contribution is 5.96. The number of carboxylic acids is 1.